The summed E-state index contributed by atoms with van der Waals surface area (Å²) in [6.07, 6.45) is 13.4. The summed E-state index contributed by atoms with van der Waals surface area (Å²) in [4.78, 5) is 4.68. The van der Waals surface area contributed by atoms with E-state index in [1.165, 1.54) is 32.9 Å². The third-order valence-electron chi connectivity index (χ3n) is 9.00. The van der Waals surface area contributed by atoms with Gasteiger partial charge in [-0.15, -0.1) is 0 Å². The first-order valence-corrected chi connectivity index (χ1v) is 16.7. The topological polar surface area (TPSA) is 6.48 Å². The zero-order valence-electron chi connectivity index (χ0n) is 26.8. The smallest absolute Gasteiger partial charge is 0.0468 e. The summed E-state index contributed by atoms with van der Waals surface area (Å²) in [6, 6.07) is 58.7. The Labute approximate surface area is 282 Å². The largest absolute Gasteiger partial charge is 0.311 e. The molecule has 2 nitrogen and oxygen atoms in total. The Bertz CT molecular complexity index is 2280. The van der Waals surface area contributed by atoms with Crippen molar-refractivity contribution in [1.29, 1.82) is 0 Å². The van der Waals surface area contributed by atoms with Gasteiger partial charge in [0.15, 0.2) is 0 Å². The van der Waals surface area contributed by atoms with Crippen molar-refractivity contribution in [3.8, 4) is 0 Å². The number of hydrogen-bond donors (Lipinski definition) is 0. The molecule has 0 spiro atoms. The number of anilines is 5. The number of rotatable bonds is 8. The molecule has 0 unspecified atom stereocenters. The first-order chi connectivity index (χ1) is 23.8. The summed E-state index contributed by atoms with van der Waals surface area (Å²) in [5.74, 6) is 0. The van der Waals surface area contributed by atoms with Crippen LogP contribution in [0.1, 0.15) is 24.0 Å². The Balaban J connectivity index is 1.05. The minimum Gasteiger partial charge on any atom is -0.311 e. The summed E-state index contributed by atoms with van der Waals surface area (Å²) in [6.45, 7) is 0. The van der Waals surface area contributed by atoms with Crippen molar-refractivity contribution >= 4 is 62.1 Å². The quantitative estimate of drug-likeness (QED) is 0.157. The Morgan fingerprint density at radius 2 is 0.833 bits per heavy atom. The van der Waals surface area contributed by atoms with E-state index in [1.54, 1.807) is 0 Å². The molecule has 0 heterocycles. The summed E-state index contributed by atoms with van der Waals surface area (Å²) < 4.78 is 0. The van der Waals surface area contributed by atoms with Crippen molar-refractivity contribution in [2.75, 3.05) is 9.80 Å². The first-order valence-electron chi connectivity index (χ1n) is 16.7. The normalized spacial score (nSPS) is 12.8. The van der Waals surface area contributed by atoms with E-state index in [0.29, 0.717) is 0 Å². The second-order valence-electron chi connectivity index (χ2n) is 12.2. The van der Waals surface area contributed by atoms with E-state index in [0.717, 1.165) is 46.7 Å². The molecule has 0 saturated carbocycles. The first kappa shape index (κ1) is 29.3. The summed E-state index contributed by atoms with van der Waals surface area (Å²) in [7, 11) is 0. The Morgan fingerprint density at radius 3 is 1.38 bits per heavy atom. The minimum atomic E-state index is 1.06. The van der Waals surface area contributed by atoms with E-state index in [4.69, 9.17) is 0 Å². The van der Waals surface area contributed by atoms with Crippen molar-refractivity contribution in [1.82, 2.24) is 0 Å². The average molecular weight is 617 g/mol. The molecule has 0 aliphatic heterocycles. The number of allylic oxidation sites excluding steroid dienone is 3. The van der Waals surface area contributed by atoms with E-state index in [2.05, 4.69) is 204 Å². The van der Waals surface area contributed by atoms with Crippen LogP contribution in [0.15, 0.2) is 188 Å². The van der Waals surface area contributed by atoms with Crippen LogP contribution in [0.3, 0.4) is 0 Å². The van der Waals surface area contributed by atoms with Gasteiger partial charge in [0.1, 0.15) is 0 Å². The molecule has 7 aromatic rings. The summed E-state index contributed by atoms with van der Waals surface area (Å²) >= 11 is 0. The van der Waals surface area contributed by atoms with Gasteiger partial charge >= 0.3 is 0 Å². The molecule has 0 amide bonds. The number of nitrogens with zero attached hydrogens (tertiary/aromatic N) is 2. The third-order valence-corrected chi connectivity index (χ3v) is 9.00. The van der Waals surface area contributed by atoms with E-state index in [-0.39, 0.29) is 0 Å². The SMILES string of the molecule is C1=CC(N(c2ccc(/C=C/c3ccc(N(c4ccccc4)c4ccc5ccccc5c4)cc3)cc2)c2ccc3ccccc3c2)=CCC1. The van der Waals surface area contributed by atoms with Crippen molar-refractivity contribution in [2.45, 2.75) is 12.8 Å². The van der Waals surface area contributed by atoms with Gasteiger partial charge in [0.25, 0.3) is 0 Å². The van der Waals surface area contributed by atoms with Crippen LogP contribution in [-0.2, 0) is 0 Å². The molecular formula is C46H36N2. The maximum Gasteiger partial charge on any atom is 0.0468 e. The zero-order valence-corrected chi connectivity index (χ0v) is 26.8. The molecule has 0 N–H and O–H groups in total. The van der Waals surface area contributed by atoms with E-state index in [1.807, 2.05) is 0 Å². The van der Waals surface area contributed by atoms with Gasteiger partial charge in [-0.25, -0.2) is 0 Å². The third kappa shape index (κ3) is 6.17. The second-order valence-corrected chi connectivity index (χ2v) is 12.2. The van der Waals surface area contributed by atoms with Gasteiger partial charge in [-0.05, 0) is 112 Å². The molecule has 0 aromatic heterocycles. The van der Waals surface area contributed by atoms with Crippen LogP contribution in [0.25, 0.3) is 33.7 Å². The molecule has 2 heteroatoms. The molecular weight excluding hydrogens is 581 g/mol. The molecule has 0 bridgehead atoms. The lowest BCUT2D eigenvalue weighted by Crippen LogP contribution is -2.16. The predicted octanol–water partition coefficient (Wildman–Crippen LogP) is 13.0. The van der Waals surface area contributed by atoms with Crippen LogP contribution in [0, 0.1) is 0 Å². The molecule has 230 valence electrons. The van der Waals surface area contributed by atoms with Crippen LogP contribution in [0.2, 0.25) is 0 Å². The standard InChI is InChI=1S/C46H36N2/c1-3-15-41(16-4-1)47(45-31-25-37-11-7-9-13-39(37)33-45)43-27-21-35(22-28-43)19-20-36-23-29-44(30-24-36)48(42-17-5-2-6-18-42)46-32-26-38-12-8-10-14-40(38)34-46/h1,3-5,7-34H,2,6H2/b20-19+. The van der Waals surface area contributed by atoms with Gasteiger partial charge in [-0.3, -0.25) is 0 Å². The molecule has 0 saturated heterocycles. The monoisotopic (exact) mass is 616 g/mol. The molecule has 1 aliphatic carbocycles. The molecule has 0 fully saturated rings. The fourth-order valence-corrected chi connectivity index (χ4v) is 6.53. The molecule has 8 rings (SSSR count). The highest BCUT2D eigenvalue weighted by atomic mass is 15.1. The minimum absolute atomic E-state index is 1.06. The maximum absolute atomic E-state index is 2.36. The van der Waals surface area contributed by atoms with Crippen LogP contribution < -0.4 is 9.80 Å². The number of fused-ring (bicyclic) bond motifs is 2. The number of para-hydroxylation sites is 1. The second kappa shape index (κ2) is 13.3. The highest BCUT2D eigenvalue weighted by molar-refractivity contribution is 5.90. The van der Waals surface area contributed by atoms with Crippen LogP contribution in [0.5, 0.6) is 0 Å². The van der Waals surface area contributed by atoms with Crippen LogP contribution in [-0.4, -0.2) is 0 Å². The van der Waals surface area contributed by atoms with E-state index >= 15 is 0 Å². The van der Waals surface area contributed by atoms with Gasteiger partial charge in [0.05, 0.1) is 0 Å². The Morgan fingerprint density at radius 1 is 0.375 bits per heavy atom. The van der Waals surface area contributed by atoms with Gasteiger partial charge in [0.2, 0.25) is 0 Å². The Kier molecular flexibility index (Phi) is 8.13. The lowest BCUT2D eigenvalue weighted by molar-refractivity contribution is 0.997. The molecule has 0 radical (unpaired) electrons. The summed E-state index contributed by atoms with van der Waals surface area (Å²) in [5, 5.41) is 4.97. The lowest BCUT2D eigenvalue weighted by Gasteiger charge is -2.28. The van der Waals surface area contributed by atoms with Crippen molar-refractivity contribution in [3.05, 3.63) is 199 Å². The van der Waals surface area contributed by atoms with Crippen molar-refractivity contribution < 1.29 is 0 Å². The molecule has 1 aliphatic rings. The van der Waals surface area contributed by atoms with Crippen molar-refractivity contribution in [3.63, 3.8) is 0 Å². The van der Waals surface area contributed by atoms with Gasteiger partial charge in [-0.1, -0.05) is 127 Å². The van der Waals surface area contributed by atoms with E-state index < -0.39 is 0 Å². The van der Waals surface area contributed by atoms with Gasteiger partial charge in [-0.2, -0.15) is 0 Å². The fourth-order valence-electron chi connectivity index (χ4n) is 6.53. The molecule has 48 heavy (non-hydrogen) atoms. The average Bonchev–Trinajstić information content (AvgIpc) is 3.16. The fraction of sp³-hybridized carbons (Fsp3) is 0.0435. The zero-order chi connectivity index (χ0) is 32.1. The molecule has 0 atom stereocenters. The number of benzene rings is 7. The highest BCUT2D eigenvalue weighted by Crippen LogP contribution is 2.37. The number of hydrogen-bond acceptors (Lipinski definition) is 2. The van der Waals surface area contributed by atoms with Crippen LogP contribution in [0.4, 0.5) is 28.4 Å². The predicted molar refractivity (Wildman–Crippen MR) is 207 cm³/mol. The van der Waals surface area contributed by atoms with Crippen molar-refractivity contribution in [2.24, 2.45) is 0 Å². The highest BCUT2D eigenvalue weighted by Gasteiger charge is 2.15. The van der Waals surface area contributed by atoms with Gasteiger partial charge < -0.3 is 9.80 Å². The summed E-state index contributed by atoms with van der Waals surface area (Å²) in [5.41, 5.74) is 9.25. The maximum atomic E-state index is 2.36. The van der Waals surface area contributed by atoms with Gasteiger partial charge in [0, 0.05) is 34.1 Å². The molecule has 7 aromatic carbocycles. The van der Waals surface area contributed by atoms with E-state index in [9.17, 15) is 0 Å². The Hall–Kier alpha value is -6.12. The van der Waals surface area contributed by atoms with Crippen LogP contribution >= 0.6 is 0 Å². The lowest BCUT2D eigenvalue weighted by atomic mass is 10.1.